The smallest absolute Gasteiger partial charge is 0.415 e. The molecule has 2 bridgehead atoms. The lowest BCUT2D eigenvalue weighted by atomic mass is 9.99. The molecule has 0 unspecified atom stereocenters. The van der Waals surface area contributed by atoms with Crippen molar-refractivity contribution in [3.63, 3.8) is 0 Å². The molecule has 0 saturated carbocycles. The molecule has 1 aliphatic rings. The third-order valence-electron chi connectivity index (χ3n) is 7.13. The number of fused-ring (bicyclic) bond motifs is 4. The minimum Gasteiger partial charge on any atom is -0.415 e. The number of imidazole rings is 1. The maximum absolute atomic E-state index is 13.5. The number of anilines is 1. The summed E-state index contributed by atoms with van der Waals surface area (Å²) < 4.78 is 18.8. The lowest BCUT2D eigenvalue weighted by Gasteiger charge is -2.20. The second-order valence-electron chi connectivity index (χ2n) is 10.1. The van der Waals surface area contributed by atoms with Crippen molar-refractivity contribution in [2.45, 2.75) is 47.1 Å². The van der Waals surface area contributed by atoms with Gasteiger partial charge in [0.25, 0.3) is 5.91 Å². The summed E-state index contributed by atoms with van der Waals surface area (Å²) in [4.78, 5) is 45.0. The molecule has 10 nitrogen and oxygen atoms in total. The highest BCUT2D eigenvalue weighted by Crippen LogP contribution is 2.47. The Balaban J connectivity index is 1.68. The van der Waals surface area contributed by atoms with Crippen molar-refractivity contribution in [3.05, 3.63) is 82.2 Å². The quantitative estimate of drug-likeness (QED) is 0.182. The Morgan fingerprint density at radius 3 is 2.39 bits per heavy atom. The van der Waals surface area contributed by atoms with Crippen molar-refractivity contribution in [3.8, 4) is 11.5 Å². The van der Waals surface area contributed by atoms with Crippen LogP contribution in [0.2, 0.25) is 0 Å². The average molecular weight is 557 g/mol. The standard InChI is InChI=1S/C31H32N4O6/c1-6-21-14-10-11-18(2)22(21)15-32-25-24-26(35(19(3)33-24)17-39-16-20-12-8-7-9-13-20)28-23(29(36)34(4)5)27(25)40-30(37)31(38)41-28/h7-14,32H,6,15-17H2,1-5H3. The van der Waals surface area contributed by atoms with Crippen LogP contribution < -0.4 is 14.8 Å². The van der Waals surface area contributed by atoms with Crippen LogP contribution in [-0.4, -0.2) is 46.4 Å². The van der Waals surface area contributed by atoms with Gasteiger partial charge in [0.1, 0.15) is 34.8 Å². The number of carbonyl (C=O) groups excluding carboxylic acids is 3. The van der Waals surface area contributed by atoms with Gasteiger partial charge in [0.2, 0.25) is 0 Å². The van der Waals surface area contributed by atoms with Crippen molar-refractivity contribution in [2.75, 3.05) is 19.4 Å². The first-order chi connectivity index (χ1) is 19.7. The Morgan fingerprint density at radius 2 is 1.71 bits per heavy atom. The predicted octanol–water partition coefficient (Wildman–Crippen LogP) is 4.53. The number of hydrogen-bond donors (Lipinski definition) is 1. The first-order valence-electron chi connectivity index (χ1n) is 13.4. The van der Waals surface area contributed by atoms with Crippen molar-refractivity contribution in [1.29, 1.82) is 0 Å². The van der Waals surface area contributed by atoms with E-state index in [0.29, 0.717) is 35.7 Å². The van der Waals surface area contributed by atoms with Gasteiger partial charge in [-0.25, -0.2) is 14.6 Å². The van der Waals surface area contributed by atoms with E-state index in [1.165, 1.54) is 4.90 Å². The van der Waals surface area contributed by atoms with Gasteiger partial charge in [-0.3, -0.25) is 4.79 Å². The number of hydrogen-bond acceptors (Lipinski definition) is 8. The molecule has 1 N–H and O–H groups in total. The van der Waals surface area contributed by atoms with Crippen LogP contribution in [0, 0.1) is 13.8 Å². The zero-order valence-corrected chi connectivity index (χ0v) is 23.7. The van der Waals surface area contributed by atoms with E-state index in [0.717, 1.165) is 28.7 Å². The lowest BCUT2D eigenvalue weighted by Crippen LogP contribution is -2.23. The van der Waals surface area contributed by atoms with Crippen LogP contribution in [0.25, 0.3) is 11.0 Å². The molecule has 0 spiro atoms. The summed E-state index contributed by atoms with van der Waals surface area (Å²) in [6, 6.07) is 15.8. The van der Waals surface area contributed by atoms with E-state index in [-0.39, 0.29) is 23.8 Å². The minimum atomic E-state index is -1.23. The third-order valence-corrected chi connectivity index (χ3v) is 7.13. The molecule has 1 aliphatic heterocycles. The van der Waals surface area contributed by atoms with E-state index in [1.807, 2.05) is 49.4 Å². The number of aryl methyl sites for hydroxylation is 3. The first-order valence-corrected chi connectivity index (χ1v) is 13.4. The molecule has 0 radical (unpaired) electrons. The zero-order valence-electron chi connectivity index (χ0n) is 23.7. The van der Waals surface area contributed by atoms with Crippen molar-refractivity contribution < 1.29 is 28.6 Å². The van der Waals surface area contributed by atoms with Crippen LogP contribution in [0.1, 0.15) is 45.4 Å². The molecule has 1 amide bonds. The summed E-state index contributed by atoms with van der Waals surface area (Å²) in [5.74, 6) is -2.58. The number of esters is 2. The van der Waals surface area contributed by atoms with Crippen molar-refractivity contribution in [1.82, 2.24) is 14.5 Å². The van der Waals surface area contributed by atoms with Crippen molar-refractivity contribution in [2.24, 2.45) is 0 Å². The molecule has 1 aromatic heterocycles. The normalized spacial score (nSPS) is 12.6. The lowest BCUT2D eigenvalue weighted by molar-refractivity contribution is -0.155. The summed E-state index contributed by atoms with van der Waals surface area (Å²) in [5, 5.41) is 3.39. The molecular weight excluding hydrogens is 524 g/mol. The number of rotatable bonds is 9. The highest BCUT2D eigenvalue weighted by Gasteiger charge is 2.38. The van der Waals surface area contributed by atoms with E-state index < -0.39 is 17.8 Å². The Labute approximate surface area is 237 Å². The molecule has 0 fully saturated rings. The fourth-order valence-corrected chi connectivity index (χ4v) is 4.99. The number of benzene rings is 3. The van der Waals surface area contributed by atoms with Crippen LogP contribution >= 0.6 is 0 Å². The second kappa shape index (κ2) is 11.4. The van der Waals surface area contributed by atoms with E-state index in [2.05, 4.69) is 18.3 Å². The average Bonchev–Trinajstić information content (AvgIpc) is 3.23. The Kier molecular flexibility index (Phi) is 7.76. The number of ether oxygens (including phenoxy) is 3. The monoisotopic (exact) mass is 556 g/mol. The third kappa shape index (κ3) is 5.26. The topological polar surface area (TPSA) is 112 Å². The molecule has 0 atom stereocenters. The van der Waals surface area contributed by atoms with Crippen LogP contribution in [0.15, 0.2) is 48.5 Å². The maximum Gasteiger partial charge on any atom is 0.423 e. The highest BCUT2D eigenvalue weighted by molar-refractivity contribution is 6.33. The molecule has 5 rings (SSSR count). The number of nitrogens with zero attached hydrogens (tertiary/aromatic N) is 3. The summed E-state index contributed by atoms with van der Waals surface area (Å²) >= 11 is 0. The van der Waals surface area contributed by atoms with E-state index in [9.17, 15) is 14.4 Å². The molecule has 0 saturated heterocycles. The Hall–Kier alpha value is -4.70. The van der Waals surface area contributed by atoms with E-state index >= 15 is 0 Å². The molecule has 212 valence electrons. The molecule has 0 aliphatic carbocycles. The van der Waals surface area contributed by atoms with Gasteiger partial charge >= 0.3 is 11.9 Å². The Bertz CT molecular complexity index is 1660. The predicted molar refractivity (Wildman–Crippen MR) is 153 cm³/mol. The number of carbonyl (C=O) groups is 3. The van der Waals surface area contributed by atoms with Crippen LogP contribution in [0.5, 0.6) is 11.5 Å². The first kappa shape index (κ1) is 27.9. The zero-order chi connectivity index (χ0) is 29.3. The molecule has 10 heteroatoms. The number of amides is 1. The summed E-state index contributed by atoms with van der Waals surface area (Å²) in [5.41, 5.74) is 5.31. The number of nitrogens with one attached hydrogen (secondary N) is 1. The van der Waals surface area contributed by atoms with Crippen LogP contribution in [0.4, 0.5) is 5.69 Å². The van der Waals surface area contributed by atoms with E-state index in [1.54, 1.807) is 25.6 Å². The van der Waals surface area contributed by atoms with Gasteiger partial charge in [0.15, 0.2) is 11.5 Å². The molecule has 2 heterocycles. The number of aromatic nitrogens is 2. The fourth-order valence-electron chi connectivity index (χ4n) is 4.99. The summed E-state index contributed by atoms with van der Waals surface area (Å²) in [6.45, 7) is 6.66. The second-order valence-corrected chi connectivity index (χ2v) is 10.1. The maximum atomic E-state index is 13.5. The van der Waals surface area contributed by atoms with Gasteiger partial charge in [-0.2, -0.15) is 0 Å². The van der Waals surface area contributed by atoms with Gasteiger partial charge < -0.3 is 29.0 Å². The summed E-state index contributed by atoms with van der Waals surface area (Å²) in [7, 11) is 3.14. The van der Waals surface area contributed by atoms with Gasteiger partial charge in [0.05, 0.1) is 6.61 Å². The highest BCUT2D eigenvalue weighted by atomic mass is 16.6. The van der Waals surface area contributed by atoms with E-state index in [4.69, 9.17) is 19.2 Å². The van der Waals surface area contributed by atoms with Gasteiger partial charge in [-0.15, -0.1) is 0 Å². The molecule has 3 aromatic carbocycles. The van der Waals surface area contributed by atoms with Crippen LogP contribution in [-0.2, 0) is 40.6 Å². The molecule has 4 aromatic rings. The fraction of sp³-hybridized carbons (Fsp3) is 0.290. The SMILES string of the molecule is CCc1cccc(C)c1CNc1c2c(C(=O)N(C)C)c(c3c1nc(C)n3COCc1ccccc1)OC(=O)C(=O)O2. The van der Waals surface area contributed by atoms with Crippen LogP contribution in [0.3, 0.4) is 0 Å². The van der Waals surface area contributed by atoms with Gasteiger partial charge in [0, 0.05) is 20.6 Å². The van der Waals surface area contributed by atoms with Gasteiger partial charge in [-0.1, -0.05) is 55.5 Å². The molecular formula is C31H32N4O6. The molecule has 41 heavy (non-hydrogen) atoms. The summed E-state index contributed by atoms with van der Waals surface area (Å²) in [6.07, 6.45) is 0.827. The minimum absolute atomic E-state index is 0.0473. The van der Waals surface area contributed by atoms with Gasteiger partial charge in [-0.05, 0) is 42.5 Å². The largest absolute Gasteiger partial charge is 0.423 e. The van der Waals surface area contributed by atoms with Crippen molar-refractivity contribution >= 4 is 34.6 Å². The Morgan fingerprint density at radius 1 is 1.00 bits per heavy atom.